The highest BCUT2D eigenvalue weighted by atomic mass is 16.5. The van der Waals surface area contributed by atoms with Crippen molar-refractivity contribution in [3.8, 4) is 5.75 Å². The topological polar surface area (TPSA) is 61.9 Å². The Balaban J connectivity index is 1.96. The SMILES string of the molecule is COc1ccc(CN(C)CN2C(=O)N[C@](C)(CCC(C)C)C2=O)cc1. The molecule has 1 saturated heterocycles. The number of nitrogens with one attached hydrogen (secondary N) is 1. The molecule has 0 radical (unpaired) electrons. The van der Waals surface area contributed by atoms with Crippen LogP contribution in [0.1, 0.15) is 39.2 Å². The summed E-state index contributed by atoms with van der Waals surface area (Å²) in [6.07, 6.45) is 1.56. The lowest BCUT2D eigenvalue weighted by Gasteiger charge is -2.25. The summed E-state index contributed by atoms with van der Waals surface area (Å²) in [6, 6.07) is 7.46. The Morgan fingerprint density at radius 3 is 2.44 bits per heavy atom. The van der Waals surface area contributed by atoms with Gasteiger partial charge in [-0.25, -0.2) is 9.69 Å². The summed E-state index contributed by atoms with van der Waals surface area (Å²) in [5, 5.41) is 2.86. The summed E-state index contributed by atoms with van der Waals surface area (Å²) in [5.41, 5.74) is 0.306. The second-order valence-electron chi connectivity index (χ2n) is 7.43. The zero-order valence-electron chi connectivity index (χ0n) is 15.8. The molecular weight excluding hydrogens is 318 g/mol. The Bertz CT molecular complexity index is 615. The van der Waals surface area contributed by atoms with Crippen LogP contribution >= 0.6 is 0 Å². The highest BCUT2D eigenvalue weighted by molar-refractivity contribution is 6.06. The minimum atomic E-state index is -0.789. The average Bonchev–Trinajstić information content (AvgIpc) is 2.77. The van der Waals surface area contributed by atoms with Gasteiger partial charge in [0.05, 0.1) is 13.8 Å². The standard InChI is InChI=1S/C19H29N3O3/c1-14(2)10-11-19(3)17(23)22(18(24)20-19)13-21(4)12-15-6-8-16(25-5)9-7-15/h6-9,14H,10-13H2,1-5H3,(H,20,24)/t19-/m1/s1. The largest absolute Gasteiger partial charge is 0.497 e. The number of carbonyl (C=O) groups excluding carboxylic acids is 2. The molecule has 1 aromatic rings. The molecule has 6 heteroatoms. The van der Waals surface area contributed by atoms with Crippen molar-refractivity contribution < 1.29 is 14.3 Å². The first-order chi connectivity index (χ1) is 11.7. The first-order valence-electron chi connectivity index (χ1n) is 8.71. The van der Waals surface area contributed by atoms with Crippen LogP contribution in [0.15, 0.2) is 24.3 Å². The predicted molar refractivity (Wildman–Crippen MR) is 97.2 cm³/mol. The van der Waals surface area contributed by atoms with E-state index in [0.717, 1.165) is 17.7 Å². The molecular formula is C19H29N3O3. The number of rotatable bonds is 8. The molecule has 1 fully saturated rings. The van der Waals surface area contributed by atoms with Gasteiger partial charge in [-0.3, -0.25) is 9.69 Å². The van der Waals surface area contributed by atoms with Crippen LogP contribution in [-0.2, 0) is 11.3 Å². The number of methoxy groups -OCH3 is 1. The molecule has 0 aliphatic carbocycles. The normalized spacial score (nSPS) is 20.5. The summed E-state index contributed by atoms with van der Waals surface area (Å²) in [5.74, 6) is 1.16. The summed E-state index contributed by atoms with van der Waals surface area (Å²) in [4.78, 5) is 28.2. The van der Waals surface area contributed by atoms with Gasteiger partial charge in [0.2, 0.25) is 0 Å². The van der Waals surface area contributed by atoms with Crippen LogP contribution in [0, 0.1) is 5.92 Å². The molecule has 1 atom stereocenters. The van der Waals surface area contributed by atoms with E-state index in [-0.39, 0.29) is 18.6 Å². The van der Waals surface area contributed by atoms with Crippen molar-refractivity contribution in [3.05, 3.63) is 29.8 Å². The van der Waals surface area contributed by atoms with Gasteiger partial charge in [0.1, 0.15) is 11.3 Å². The van der Waals surface area contributed by atoms with Crippen molar-refractivity contribution in [3.63, 3.8) is 0 Å². The molecule has 0 aromatic heterocycles. The van der Waals surface area contributed by atoms with Crippen LogP contribution in [0.3, 0.4) is 0 Å². The number of urea groups is 1. The van der Waals surface area contributed by atoms with E-state index in [9.17, 15) is 9.59 Å². The summed E-state index contributed by atoms with van der Waals surface area (Å²) >= 11 is 0. The molecule has 0 spiro atoms. The minimum Gasteiger partial charge on any atom is -0.497 e. The fraction of sp³-hybridized carbons (Fsp3) is 0.579. The number of hydrogen-bond donors (Lipinski definition) is 1. The molecule has 1 aromatic carbocycles. The molecule has 0 bridgehead atoms. The van der Waals surface area contributed by atoms with Gasteiger partial charge in [0, 0.05) is 6.54 Å². The second-order valence-corrected chi connectivity index (χ2v) is 7.43. The van der Waals surface area contributed by atoms with Gasteiger partial charge < -0.3 is 10.1 Å². The highest BCUT2D eigenvalue weighted by Gasteiger charge is 2.47. The van der Waals surface area contributed by atoms with Crippen LogP contribution in [0.25, 0.3) is 0 Å². The maximum Gasteiger partial charge on any atom is 0.326 e. The molecule has 2 rings (SSSR count). The lowest BCUT2D eigenvalue weighted by molar-refractivity contribution is -0.132. The second kappa shape index (κ2) is 7.87. The zero-order chi connectivity index (χ0) is 18.6. The molecule has 1 heterocycles. The Morgan fingerprint density at radius 2 is 1.88 bits per heavy atom. The summed E-state index contributed by atoms with van der Waals surface area (Å²) in [6.45, 7) is 6.97. The average molecular weight is 347 g/mol. The lowest BCUT2D eigenvalue weighted by atomic mass is 9.92. The van der Waals surface area contributed by atoms with E-state index in [1.807, 2.05) is 43.1 Å². The monoisotopic (exact) mass is 347 g/mol. The van der Waals surface area contributed by atoms with Gasteiger partial charge in [0.15, 0.2) is 0 Å². The van der Waals surface area contributed by atoms with Gasteiger partial charge in [-0.15, -0.1) is 0 Å². The first-order valence-corrected chi connectivity index (χ1v) is 8.71. The Hall–Kier alpha value is -2.08. The Morgan fingerprint density at radius 1 is 1.24 bits per heavy atom. The molecule has 1 aliphatic rings. The van der Waals surface area contributed by atoms with Gasteiger partial charge in [-0.2, -0.15) is 0 Å². The lowest BCUT2D eigenvalue weighted by Crippen LogP contribution is -2.45. The van der Waals surface area contributed by atoms with E-state index < -0.39 is 5.54 Å². The van der Waals surface area contributed by atoms with E-state index >= 15 is 0 Å². The fourth-order valence-corrected chi connectivity index (χ4v) is 2.96. The van der Waals surface area contributed by atoms with Crippen LogP contribution in [0.5, 0.6) is 5.75 Å². The van der Waals surface area contributed by atoms with Gasteiger partial charge in [0.25, 0.3) is 5.91 Å². The number of imide groups is 1. The fourth-order valence-electron chi connectivity index (χ4n) is 2.96. The number of nitrogens with zero attached hydrogens (tertiary/aromatic N) is 2. The van der Waals surface area contributed by atoms with Crippen molar-refractivity contribution >= 4 is 11.9 Å². The molecule has 1 N–H and O–H groups in total. The third-order valence-electron chi connectivity index (χ3n) is 4.56. The van der Waals surface area contributed by atoms with Gasteiger partial charge in [-0.1, -0.05) is 26.0 Å². The van der Waals surface area contributed by atoms with Crippen LogP contribution in [-0.4, -0.2) is 48.1 Å². The number of amides is 3. The van der Waals surface area contributed by atoms with Crippen LogP contribution in [0.2, 0.25) is 0 Å². The third-order valence-corrected chi connectivity index (χ3v) is 4.56. The van der Waals surface area contributed by atoms with E-state index in [2.05, 4.69) is 19.2 Å². The van der Waals surface area contributed by atoms with Gasteiger partial charge >= 0.3 is 6.03 Å². The Kier molecular flexibility index (Phi) is 6.06. The van der Waals surface area contributed by atoms with Crippen molar-refractivity contribution in [2.45, 2.75) is 45.7 Å². The maximum atomic E-state index is 12.7. The van der Waals surface area contributed by atoms with Gasteiger partial charge in [-0.05, 0) is 50.4 Å². The quantitative estimate of drug-likeness (QED) is 0.735. The predicted octanol–water partition coefficient (Wildman–Crippen LogP) is 2.83. The molecule has 6 nitrogen and oxygen atoms in total. The molecule has 1 aliphatic heterocycles. The van der Waals surface area contributed by atoms with E-state index in [1.165, 1.54) is 4.90 Å². The molecule has 3 amide bonds. The van der Waals surface area contributed by atoms with Crippen molar-refractivity contribution in [1.29, 1.82) is 0 Å². The zero-order valence-corrected chi connectivity index (χ0v) is 15.8. The van der Waals surface area contributed by atoms with E-state index in [0.29, 0.717) is 18.9 Å². The highest BCUT2D eigenvalue weighted by Crippen LogP contribution is 2.25. The van der Waals surface area contributed by atoms with Crippen LogP contribution in [0.4, 0.5) is 4.79 Å². The summed E-state index contributed by atoms with van der Waals surface area (Å²) < 4.78 is 5.15. The first kappa shape index (κ1) is 19.2. The van der Waals surface area contributed by atoms with Crippen molar-refractivity contribution in [2.24, 2.45) is 5.92 Å². The smallest absolute Gasteiger partial charge is 0.326 e. The summed E-state index contributed by atoms with van der Waals surface area (Å²) in [7, 11) is 3.53. The van der Waals surface area contributed by atoms with E-state index in [1.54, 1.807) is 7.11 Å². The number of benzene rings is 1. The van der Waals surface area contributed by atoms with Crippen molar-refractivity contribution in [2.75, 3.05) is 20.8 Å². The number of hydrogen-bond acceptors (Lipinski definition) is 4. The maximum absolute atomic E-state index is 12.7. The molecule has 0 saturated carbocycles. The molecule has 0 unspecified atom stereocenters. The van der Waals surface area contributed by atoms with Crippen LogP contribution < -0.4 is 10.1 Å². The molecule has 25 heavy (non-hydrogen) atoms. The molecule has 138 valence electrons. The van der Waals surface area contributed by atoms with Crippen molar-refractivity contribution in [1.82, 2.24) is 15.1 Å². The third kappa shape index (κ3) is 4.72. The number of carbonyl (C=O) groups is 2. The van der Waals surface area contributed by atoms with E-state index in [4.69, 9.17) is 4.74 Å². The minimum absolute atomic E-state index is 0.139. The number of ether oxygens (including phenoxy) is 1. The Labute approximate surface area is 150 Å².